The summed E-state index contributed by atoms with van der Waals surface area (Å²) in [5, 5.41) is 16.7. The van der Waals surface area contributed by atoms with E-state index in [4.69, 9.17) is 0 Å². The molecule has 1 saturated carbocycles. The highest BCUT2D eigenvalue weighted by Crippen LogP contribution is 2.48. The summed E-state index contributed by atoms with van der Waals surface area (Å²) in [6.45, 7) is 15.0. The molecule has 1 saturated heterocycles. The number of hydrogen-bond donors (Lipinski definition) is 1. The van der Waals surface area contributed by atoms with E-state index in [0.29, 0.717) is 17.4 Å². The number of likely N-dealkylation sites (tertiary alicyclic amines) is 1. The number of anilines is 1. The zero-order valence-electron chi connectivity index (χ0n) is 17.4. The molecule has 3 heterocycles. The van der Waals surface area contributed by atoms with Gasteiger partial charge in [-0.15, -0.1) is 5.10 Å². The van der Waals surface area contributed by atoms with Crippen molar-refractivity contribution in [2.24, 2.45) is 30.2 Å². The molecule has 0 bridgehead atoms. The number of aromatic nitrogens is 4. The van der Waals surface area contributed by atoms with Crippen LogP contribution in [0.3, 0.4) is 0 Å². The molecule has 6 heteroatoms. The predicted octanol–water partition coefficient (Wildman–Crippen LogP) is 3.21. The number of fused-ring (bicyclic) bond motifs is 1. The maximum absolute atomic E-state index is 4.47. The summed E-state index contributed by atoms with van der Waals surface area (Å²) in [6.07, 6.45) is 3.82. The molecule has 6 nitrogen and oxygen atoms in total. The van der Waals surface area contributed by atoms with Gasteiger partial charge in [0.25, 0.3) is 0 Å². The maximum Gasteiger partial charge on any atom is 0.156 e. The van der Waals surface area contributed by atoms with Crippen LogP contribution in [0.4, 0.5) is 5.82 Å². The van der Waals surface area contributed by atoms with E-state index in [-0.39, 0.29) is 0 Å². The Hall–Kier alpha value is -1.95. The van der Waals surface area contributed by atoms with Crippen molar-refractivity contribution in [3.05, 3.63) is 24.2 Å². The van der Waals surface area contributed by atoms with Crippen molar-refractivity contribution in [1.82, 2.24) is 24.9 Å². The van der Waals surface area contributed by atoms with Crippen molar-refractivity contribution < 1.29 is 0 Å². The number of piperidine rings is 1. The quantitative estimate of drug-likeness (QED) is 0.878. The van der Waals surface area contributed by atoms with Crippen molar-refractivity contribution >= 4 is 5.82 Å². The van der Waals surface area contributed by atoms with Crippen LogP contribution in [0.5, 0.6) is 0 Å². The largest absolute Gasteiger partial charge is 0.365 e. The fraction of sp³-hybridized carbons (Fsp3) is 0.667. The molecule has 2 aromatic heterocycles. The van der Waals surface area contributed by atoms with Crippen LogP contribution in [0.1, 0.15) is 33.4 Å². The molecule has 0 amide bonds. The highest BCUT2D eigenvalue weighted by atomic mass is 15.3. The van der Waals surface area contributed by atoms with E-state index in [2.05, 4.69) is 59.4 Å². The van der Waals surface area contributed by atoms with Crippen LogP contribution < -0.4 is 5.32 Å². The van der Waals surface area contributed by atoms with Crippen molar-refractivity contribution in [3.63, 3.8) is 0 Å². The summed E-state index contributed by atoms with van der Waals surface area (Å²) in [4.78, 5) is 2.65. The van der Waals surface area contributed by atoms with E-state index >= 15 is 0 Å². The van der Waals surface area contributed by atoms with Gasteiger partial charge in [0.2, 0.25) is 0 Å². The highest BCUT2D eigenvalue weighted by molar-refractivity contribution is 5.76. The van der Waals surface area contributed by atoms with Gasteiger partial charge in [0, 0.05) is 50.0 Å². The van der Waals surface area contributed by atoms with Crippen molar-refractivity contribution in [1.29, 1.82) is 0 Å². The molecule has 0 radical (unpaired) electrons. The Morgan fingerprint density at radius 2 is 1.93 bits per heavy atom. The molecule has 4 atom stereocenters. The topological polar surface area (TPSA) is 58.9 Å². The minimum absolute atomic E-state index is 0.376. The zero-order valence-corrected chi connectivity index (χ0v) is 17.4. The Balaban J connectivity index is 1.40. The molecule has 27 heavy (non-hydrogen) atoms. The molecule has 1 N–H and O–H groups in total. The fourth-order valence-electron chi connectivity index (χ4n) is 4.32. The SMILES string of the molecule is Cc1nn(C)cc1-c1ccnnc1NC1[C@H]2CN(CC(C)C(C)(C)C)C[C@@H]12. The van der Waals surface area contributed by atoms with Gasteiger partial charge in [0.05, 0.1) is 11.9 Å². The first kappa shape index (κ1) is 18.4. The van der Waals surface area contributed by atoms with Gasteiger partial charge in [-0.25, -0.2) is 0 Å². The van der Waals surface area contributed by atoms with Crippen molar-refractivity contribution in [2.45, 2.75) is 40.7 Å². The smallest absolute Gasteiger partial charge is 0.156 e. The molecule has 146 valence electrons. The average Bonchev–Trinajstić information content (AvgIpc) is 2.92. The molecule has 1 aliphatic heterocycles. The third-order valence-electron chi connectivity index (χ3n) is 6.61. The van der Waals surface area contributed by atoms with Crippen LogP contribution in [0, 0.1) is 30.1 Å². The first-order valence-corrected chi connectivity index (χ1v) is 10.0. The monoisotopic (exact) mass is 368 g/mol. The van der Waals surface area contributed by atoms with Crippen LogP contribution >= 0.6 is 0 Å². The van der Waals surface area contributed by atoms with E-state index in [0.717, 1.165) is 34.5 Å². The van der Waals surface area contributed by atoms with E-state index in [1.165, 1.54) is 19.6 Å². The molecule has 0 spiro atoms. The molecule has 0 aromatic carbocycles. The second kappa shape index (κ2) is 6.59. The number of hydrogen-bond acceptors (Lipinski definition) is 5. The number of nitrogens with zero attached hydrogens (tertiary/aromatic N) is 5. The standard InChI is InChI=1S/C21H32N6/c1-13(21(3,4)5)9-27-11-17-18(12-27)19(17)23-20-15(7-8-22-24-20)16-10-26(6)25-14(16)2/h7-8,10,13,17-19H,9,11-12H2,1-6H3,(H,23,24)/t13?,17-,18+,19?. The summed E-state index contributed by atoms with van der Waals surface area (Å²) in [5.41, 5.74) is 3.62. The van der Waals surface area contributed by atoms with Gasteiger partial charge in [0.15, 0.2) is 5.82 Å². The minimum Gasteiger partial charge on any atom is -0.365 e. The van der Waals surface area contributed by atoms with Crippen molar-refractivity contribution in [2.75, 3.05) is 25.0 Å². The van der Waals surface area contributed by atoms with Gasteiger partial charge in [-0.3, -0.25) is 4.68 Å². The van der Waals surface area contributed by atoms with E-state index < -0.39 is 0 Å². The third-order valence-corrected chi connectivity index (χ3v) is 6.61. The molecule has 2 aliphatic rings. The Kier molecular flexibility index (Phi) is 4.49. The zero-order chi connectivity index (χ0) is 19.3. The normalized spacial score (nSPS) is 26.1. The Labute approximate surface area is 162 Å². The van der Waals surface area contributed by atoms with E-state index in [1.54, 1.807) is 6.20 Å². The summed E-state index contributed by atoms with van der Waals surface area (Å²) in [5.74, 6) is 3.08. The van der Waals surface area contributed by atoms with E-state index in [1.807, 2.05) is 24.7 Å². The lowest BCUT2D eigenvalue weighted by molar-refractivity contribution is 0.171. The molecular weight excluding hydrogens is 336 g/mol. The molecule has 4 rings (SSSR count). The van der Waals surface area contributed by atoms with Crippen LogP contribution in [0.15, 0.2) is 18.5 Å². The molecular formula is C21H32N6. The number of aryl methyl sites for hydroxylation is 2. The lowest BCUT2D eigenvalue weighted by Crippen LogP contribution is -2.35. The van der Waals surface area contributed by atoms with Gasteiger partial charge in [0.1, 0.15) is 0 Å². The van der Waals surface area contributed by atoms with Crippen LogP contribution in [0.25, 0.3) is 11.1 Å². The third kappa shape index (κ3) is 3.59. The van der Waals surface area contributed by atoms with Gasteiger partial charge >= 0.3 is 0 Å². The van der Waals surface area contributed by atoms with Crippen LogP contribution in [-0.2, 0) is 7.05 Å². The average molecular weight is 369 g/mol. The van der Waals surface area contributed by atoms with Gasteiger partial charge in [-0.05, 0) is 36.2 Å². The van der Waals surface area contributed by atoms with E-state index in [9.17, 15) is 0 Å². The van der Waals surface area contributed by atoms with Crippen LogP contribution in [-0.4, -0.2) is 50.6 Å². The first-order chi connectivity index (χ1) is 12.7. The first-order valence-electron chi connectivity index (χ1n) is 10.0. The molecule has 1 aliphatic carbocycles. The Morgan fingerprint density at radius 1 is 1.22 bits per heavy atom. The summed E-state index contributed by atoms with van der Waals surface area (Å²) >= 11 is 0. The summed E-state index contributed by atoms with van der Waals surface area (Å²) < 4.78 is 1.86. The molecule has 2 unspecified atom stereocenters. The van der Waals surface area contributed by atoms with Gasteiger partial charge in [-0.1, -0.05) is 27.7 Å². The fourth-order valence-corrected chi connectivity index (χ4v) is 4.32. The van der Waals surface area contributed by atoms with Crippen molar-refractivity contribution in [3.8, 4) is 11.1 Å². The molecule has 2 fully saturated rings. The van der Waals surface area contributed by atoms with Crippen LogP contribution in [0.2, 0.25) is 0 Å². The highest BCUT2D eigenvalue weighted by Gasteiger charge is 2.56. The minimum atomic E-state index is 0.376. The lowest BCUT2D eigenvalue weighted by atomic mass is 9.82. The summed E-state index contributed by atoms with van der Waals surface area (Å²) in [7, 11) is 1.96. The Bertz CT molecular complexity index is 808. The maximum atomic E-state index is 4.47. The number of rotatable bonds is 5. The molecule has 2 aromatic rings. The summed E-state index contributed by atoms with van der Waals surface area (Å²) in [6, 6.07) is 2.56. The van der Waals surface area contributed by atoms with Gasteiger partial charge in [-0.2, -0.15) is 10.2 Å². The second-order valence-electron chi connectivity index (χ2n) is 9.58. The Morgan fingerprint density at radius 3 is 2.52 bits per heavy atom. The number of nitrogens with one attached hydrogen (secondary N) is 1. The van der Waals surface area contributed by atoms with Gasteiger partial charge < -0.3 is 10.2 Å². The predicted molar refractivity (Wildman–Crippen MR) is 108 cm³/mol. The second-order valence-corrected chi connectivity index (χ2v) is 9.58. The lowest BCUT2D eigenvalue weighted by Gasteiger charge is -2.32.